The second-order valence-corrected chi connectivity index (χ2v) is 3.41. The van der Waals surface area contributed by atoms with E-state index in [1.165, 1.54) is 11.8 Å². The van der Waals surface area contributed by atoms with E-state index in [0.29, 0.717) is 11.0 Å². The van der Waals surface area contributed by atoms with E-state index >= 15 is 0 Å². The Bertz CT molecular complexity index is 460. The number of hydrogen-bond donors (Lipinski definition) is 1. The highest BCUT2D eigenvalue weighted by molar-refractivity contribution is 7.98. The molecule has 6 nitrogen and oxygen atoms in total. The number of thioether (sulfide) groups is 1. The molecule has 0 saturated carbocycles. The second-order valence-electron chi connectivity index (χ2n) is 2.64. The van der Waals surface area contributed by atoms with Gasteiger partial charge in [-0.3, -0.25) is 0 Å². The van der Waals surface area contributed by atoms with Crippen molar-refractivity contribution in [3.63, 3.8) is 0 Å². The Morgan fingerprint density at radius 2 is 2.07 bits per heavy atom. The zero-order valence-electron chi connectivity index (χ0n) is 7.95. The summed E-state index contributed by atoms with van der Waals surface area (Å²) in [5.74, 6) is 0.725. The van der Waals surface area contributed by atoms with E-state index in [1.807, 2.05) is 6.26 Å². The standard InChI is InChI=1S/C8H8N6S/c1-15-8-13-6(12-7(9)14-8)5-2-3-10-11-4-5/h2-4H,1H3,(H2,9,12,13,14). The molecule has 0 amide bonds. The van der Waals surface area contributed by atoms with Gasteiger partial charge in [0.05, 0.1) is 12.4 Å². The normalized spacial score (nSPS) is 10.2. The van der Waals surface area contributed by atoms with E-state index in [1.54, 1.807) is 18.5 Å². The summed E-state index contributed by atoms with van der Waals surface area (Å²) in [5, 5.41) is 8.02. The van der Waals surface area contributed by atoms with E-state index in [0.717, 1.165) is 5.56 Å². The van der Waals surface area contributed by atoms with Crippen LogP contribution in [0.15, 0.2) is 23.6 Å². The Labute approximate surface area is 90.4 Å². The summed E-state index contributed by atoms with van der Waals surface area (Å²) in [5.41, 5.74) is 6.33. The van der Waals surface area contributed by atoms with Gasteiger partial charge in [-0.15, -0.1) is 0 Å². The van der Waals surface area contributed by atoms with Crippen LogP contribution >= 0.6 is 11.8 Å². The van der Waals surface area contributed by atoms with Gasteiger partial charge in [0, 0.05) is 5.56 Å². The third-order valence-electron chi connectivity index (χ3n) is 1.66. The van der Waals surface area contributed by atoms with Gasteiger partial charge in [0.15, 0.2) is 11.0 Å². The van der Waals surface area contributed by atoms with Gasteiger partial charge in [-0.05, 0) is 12.3 Å². The molecular formula is C8H8N6S. The molecule has 76 valence electrons. The van der Waals surface area contributed by atoms with E-state index in [-0.39, 0.29) is 5.95 Å². The molecule has 2 aromatic rings. The molecule has 0 unspecified atom stereocenters. The molecule has 2 aromatic heterocycles. The number of rotatable bonds is 2. The minimum atomic E-state index is 0.209. The lowest BCUT2D eigenvalue weighted by Gasteiger charge is -2.01. The van der Waals surface area contributed by atoms with Crippen molar-refractivity contribution in [2.45, 2.75) is 5.16 Å². The summed E-state index contributed by atoms with van der Waals surface area (Å²) in [6.45, 7) is 0. The van der Waals surface area contributed by atoms with E-state index in [2.05, 4.69) is 25.1 Å². The fraction of sp³-hybridized carbons (Fsp3) is 0.125. The molecule has 2 heterocycles. The summed E-state index contributed by atoms with van der Waals surface area (Å²) < 4.78 is 0. The van der Waals surface area contributed by atoms with Crippen LogP contribution in [0.5, 0.6) is 0 Å². The molecule has 2 N–H and O–H groups in total. The Morgan fingerprint density at radius 3 is 2.73 bits per heavy atom. The average molecular weight is 220 g/mol. The van der Waals surface area contributed by atoms with Crippen LogP contribution in [0.3, 0.4) is 0 Å². The molecule has 0 aliphatic rings. The van der Waals surface area contributed by atoms with E-state index < -0.39 is 0 Å². The predicted molar refractivity (Wildman–Crippen MR) is 57.0 cm³/mol. The largest absolute Gasteiger partial charge is 0.368 e. The van der Waals surface area contributed by atoms with Crippen molar-refractivity contribution in [3.05, 3.63) is 18.5 Å². The zero-order valence-corrected chi connectivity index (χ0v) is 8.77. The number of nitrogen functional groups attached to an aromatic ring is 1. The first-order chi connectivity index (χ1) is 7.29. The molecule has 0 radical (unpaired) electrons. The molecular weight excluding hydrogens is 212 g/mol. The van der Waals surface area contributed by atoms with Crippen LogP contribution in [-0.4, -0.2) is 31.4 Å². The molecule has 15 heavy (non-hydrogen) atoms. The topological polar surface area (TPSA) is 90.5 Å². The Hall–Kier alpha value is -1.76. The van der Waals surface area contributed by atoms with Crippen molar-refractivity contribution in [1.82, 2.24) is 25.1 Å². The quantitative estimate of drug-likeness (QED) is 0.742. The number of hydrogen-bond acceptors (Lipinski definition) is 7. The lowest BCUT2D eigenvalue weighted by molar-refractivity contribution is 0.922. The van der Waals surface area contributed by atoms with Crippen molar-refractivity contribution < 1.29 is 0 Å². The zero-order chi connectivity index (χ0) is 10.7. The first kappa shape index (κ1) is 9.78. The molecule has 0 spiro atoms. The first-order valence-corrected chi connectivity index (χ1v) is 5.34. The fourth-order valence-corrected chi connectivity index (χ4v) is 1.38. The highest BCUT2D eigenvalue weighted by atomic mass is 32.2. The Balaban J connectivity index is 2.49. The average Bonchev–Trinajstić information content (AvgIpc) is 2.29. The molecule has 0 aliphatic heterocycles. The predicted octanol–water partition coefficient (Wildman–Crippen LogP) is 0.633. The van der Waals surface area contributed by atoms with Gasteiger partial charge in [0.25, 0.3) is 0 Å². The maximum atomic E-state index is 5.56. The van der Waals surface area contributed by atoms with Crippen molar-refractivity contribution >= 4 is 17.7 Å². The molecule has 0 aromatic carbocycles. The van der Waals surface area contributed by atoms with Crippen molar-refractivity contribution in [3.8, 4) is 11.4 Å². The van der Waals surface area contributed by atoms with Crippen LogP contribution < -0.4 is 5.73 Å². The van der Waals surface area contributed by atoms with Gasteiger partial charge < -0.3 is 5.73 Å². The number of nitrogens with zero attached hydrogens (tertiary/aromatic N) is 5. The first-order valence-electron chi connectivity index (χ1n) is 4.12. The summed E-state index contributed by atoms with van der Waals surface area (Å²) in [4.78, 5) is 12.2. The molecule has 0 fully saturated rings. The lowest BCUT2D eigenvalue weighted by Crippen LogP contribution is -2.01. The van der Waals surface area contributed by atoms with Crippen molar-refractivity contribution in [2.75, 3.05) is 12.0 Å². The molecule has 7 heteroatoms. The highest BCUT2D eigenvalue weighted by Crippen LogP contribution is 2.16. The van der Waals surface area contributed by atoms with Crippen LogP contribution in [0.1, 0.15) is 0 Å². The SMILES string of the molecule is CSc1nc(N)nc(-c2ccnnc2)n1. The van der Waals surface area contributed by atoms with Crippen LogP contribution in [0, 0.1) is 0 Å². The van der Waals surface area contributed by atoms with Gasteiger partial charge in [-0.2, -0.15) is 20.2 Å². The summed E-state index contributed by atoms with van der Waals surface area (Å²) in [6.07, 6.45) is 5.04. The van der Waals surface area contributed by atoms with Gasteiger partial charge >= 0.3 is 0 Å². The number of anilines is 1. The van der Waals surface area contributed by atoms with Gasteiger partial charge in [0.2, 0.25) is 5.95 Å². The highest BCUT2D eigenvalue weighted by Gasteiger charge is 2.05. The van der Waals surface area contributed by atoms with E-state index in [9.17, 15) is 0 Å². The van der Waals surface area contributed by atoms with Crippen LogP contribution in [0.25, 0.3) is 11.4 Å². The minimum Gasteiger partial charge on any atom is -0.368 e. The van der Waals surface area contributed by atoms with Crippen LogP contribution in [-0.2, 0) is 0 Å². The number of aromatic nitrogens is 5. The second kappa shape index (κ2) is 4.18. The molecule has 0 saturated heterocycles. The minimum absolute atomic E-state index is 0.209. The monoisotopic (exact) mass is 220 g/mol. The molecule has 0 aliphatic carbocycles. The molecule has 2 rings (SSSR count). The maximum Gasteiger partial charge on any atom is 0.224 e. The van der Waals surface area contributed by atoms with Crippen LogP contribution in [0.4, 0.5) is 5.95 Å². The maximum absolute atomic E-state index is 5.56. The van der Waals surface area contributed by atoms with Gasteiger partial charge in [-0.25, -0.2) is 4.98 Å². The third kappa shape index (κ3) is 2.18. The third-order valence-corrected chi connectivity index (χ3v) is 2.20. The van der Waals surface area contributed by atoms with Gasteiger partial charge in [0.1, 0.15) is 0 Å². The fourth-order valence-electron chi connectivity index (χ4n) is 1.02. The molecule has 0 atom stereocenters. The summed E-state index contributed by atoms with van der Waals surface area (Å²) in [6, 6.07) is 1.77. The lowest BCUT2D eigenvalue weighted by atomic mass is 10.3. The number of nitrogens with two attached hydrogens (primary N) is 1. The van der Waals surface area contributed by atoms with Gasteiger partial charge in [-0.1, -0.05) is 11.8 Å². The van der Waals surface area contributed by atoms with Crippen molar-refractivity contribution in [1.29, 1.82) is 0 Å². The summed E-state index contributed by atoms with van der Waals surface area (Å²) >= 11 is 1.41. The summed E-state index contributed by atoms with van der Waals surface area (Å²) in [7, 11) is 0. The Kier molecular flexibility index (Phi) is 2.72. The van der Waals surface area contributed by atoms with Crippen molar-refractivity contribution in [2.24, 2.45) is 0 Å². The molecule has 0 bridgehead atoms. The smallest absolute Gasteiger partial charge is 0.224 e. The Morgan fingerprint density at radius 1 is 1.20 bits per heavy atom. The van der Waals surface area contributed by atoms with Crippen LogP contribution in [0.2, 0.25) is 0 Å². The van der Waals surface area contributed by atoms with E-state index in [4.69, 9.17) is 5.73 Å².